The summed E-state index contributed by atoms with van der Waals surface area (Å²) in [5.41, 5.74) is -0.0895. The van der Waals surface area contributed by atoms with Crippen LogP contribution in [-0.4, -0.2) is 54.9 Å². The molecular formula is C16H33N3O2. The molecule has 2 atom stereocenters. The number of likely N-dealkylation sites (tertiary alicyclic amines) is 1. The van der Waals surface area contributed by atoms with Gasteiger partial charge in [-0.05, 0) is 44.1 Å². The fourth-order valence-electron chi connectivity index (χ4n) is 3.07. The van der Waals surface area contributed by atoms with Gasteiger partial charge in [-0.2, -0.15) is 0 Å². The Morgan fingerprint density at radius 2 is 2.14 bits per heavy atom. The lowest BCUT2D eigenvalue weighted by atomic mass is 9.87. The van der Waals surface area contributed by atoms with E-state index >= 15 is 0 Å². The van der Waals surface area contributed by atoms with Crippen LogP contribution in [0, 0.1) is 11.3 Å². The lowest BCUT2D eigenvalue weighted by molar-refractivity contribution is 0.128. The van der Waals surface area contributed by atoms with Crippen molar-refractivity contribution in [2.24, 2.45) is 11.3 Å². The number of carbonyl (C=O) groups excluding carboxylic acids is 1. The Labute approximate surface area is 129 Å². The number of hydrogen-bond donors (Lipinski definition) is 3. The second kappa shape index (κ2) is 8.59. The van der Waals surface area contributed by atoms with Crippen LogP contribution in [0.5, 0.6) is 0 Å². The summed E-state index contributed by atoms with van der Waals surface area (Å²) in [5.74, 6) is 0.772. The van der Waals surface area contributed by atoms with E-state index in [1.54, 1.807) is 6.92 Å². The van der Waals surface area contributed by atoms with E-state index in [9.17, 15) is 9.90 Å². The minimum Gasteiger partial charge on any atom is -0.393 e. The number of nitrogens with one attached hydrogen (secondary N) is 2. The highest BCUT2D eigenvalue weighted by Crippen LogP contribution is 2.20. The van der Waals surface area contributed by atoms with Gasteiger partial charge in [-0.25, -0.2) is 4.79 Å². The molecule has 0 radical (unpaired) electrons. The highest BCUT2D eigenvalue weighted by atomic mass is 16.3. The topological polar surface area (TPSA) is 64.6 Å². The molecule has 0 spiro atoms. The first kappa shape index (κ1) is 18.2. The summed E-state index contributed by atoms with van der Waals surface area (Å²) in [5, 5.41) is 15.2. The van der Waals surface area contributed by atoms with E-state index in [4.69, 9.17) is 0 Å². The van der Waals surface area contributed by atoms with Gasteiger partial charge in [-0.3, -0.25) is 0 Å². The molecule has 1 heterocycles. The Morgan fingerprint density at radius 3 is 2.76 bits per heavy atom. The molecule has 3 N–H and O–H groups in total. The first-order valence-corrected chi connectivity index (χ1v) is 8.20. The number of aliphatic hydroxyl groups is 1. The second-order valence-corrected chi connectivity index (χ2v) is 7.37. The van der Waals surface area contributed by atoms with E-state index < -0.39 is 0 Å². The van der Waals surface area contributed by atoms with Crippen LogP contribution in [0.1, 0.15) is 47.0 Å². The van der Waals surface area contributed by atoms with Crippen molar-refractivity contribution in [2.75, 3.05) is 32.7 Å². The molecule has 1 aliphatic rings. The van der Waals surface area contributed by atoms with Gasteiger partial charge in [0.15, 0.2) is 0 Å². The minimum absolute atomic E-state index is 0.0895. The molecule has 1 saturated heterocycles. The van der Waals surface area contributed by atoms with Crippen molar-refractivity contribution >= 4 is 6.03 Å². The van der Waals surface area contributed by atoms with Crippen LogP contribution < -0.4 is 10.6 Å². The van der Waals surface area contributed by atoms with Crippen molar-refractivity contribution in [3.05, 3.63) is 0 Å². The van der Waals surface area contributed by atoms with E-state index in [1.165, 1.54) is 12.8 Å². The summed E-state index contributed by atoms with van der Waals surface area (Å²) < 4.78 is 0. The molecule has 5 heteroatoms. The Hall–Kier alpha value is -0.810. The van der Waals surface area contributed by atoms with Gasteiger partial charge in [0.2, 0.25) is 0 Å². The van der Waals surface area contributed by atoms with E-state index in [0.717, 1.165) is 25.6 Å². The number of piperidine rings is 1. The molecule has 2 unspecified atom stereocenters. The zero-order chi connectivity index (χ0) is 15.9. The van der Waals surface area contributed by atoms with Gasteiger partial charge < -0.3 is 20.6 Å². The van der Waals surface area contributed by atoms with Crippen LogP contribution >= 0.6 is 0 Å². The molecular weight excluding hydrogens is 266 g/mol. The van der Waals surface area contributed by atoms with E-state index in [-0.39, 0.29) is 17.6 Å². The fourth-order valence-corrected chi connectivity index (χ4v) is 3.07. The first-order valence-electron chi connectivity index (χ1n) is 8.20. The molecule has 0 aromatic carbocycles. The molecule has 5 nitrogen and oxygen atoms in total. The van der Waals surface area contributed by atoms with Gasteiger partial charge in [0, 0.05) is 26.2 Å². The number of carbonyl (C=O) groups is 1. The molecule has 1 fully saturated rings. The molecule has 0 aromatic rings. The number of amides is 2. The minimum atomic E-state index is -0.342. The van der Waals surface area contributed by atoms with Crippen LogP contribution in [0.2, 0.25) is 0 Å². The standard InChI is InChI=1S/C16H33N3O2/c1-13-6-5-8-19(11-13)9-7-17-15(21)18-12-16(3,4)10-14(2)20/h13-14,20H,5-12H2,1-4H3,(H2,17,18,21). The fraction of sp³-hybridized carbons (Fsp3) is 0.938. The van der Waals surface area contributed by atoms with Gasteiger partial charge in [0.1, 0.15) is 0 Å². The summed E-state index contributed by atoms with van der Waals surface area (Å²) in [6.45, 7) is 12.6. The molecule has 0 bridgehead atoms. The van der Waals surface area contributed by atoms with E-state index in [1.807, 2.05) is 0 Å². The Kier molecular flexibility index (Phi) is 7.46. The third-order valence-corrected chi connectivity index (χ3v) is 4.03. The van der Waals surface area contributed by atoms with Crippen molar-refractivity contribution < 1.29 is 9.90 Å². The Bertz CT molecular complexity index is 319. The number of aliphatic hydroxyl groups excluding tert-OH is 1. The van der Waals surface area contributed by atoms with Gasteiger partial charge in [0.05, 0.1) is 6.10 Å². The quantitative estimate of drug-likeness (QED) is 0.672. The Morgan fingerprint density at radius 1 is 1.43 bits per heavy atom. The van der Waals surface area contributed by atoms with Gasteiger partial charge >= 0.3 is 6.03 Å². The zero-order valence-corrected chi connectivity index (χ0v) is 14.1. The Balaban J connectivity index is 2.13. The molecule has 0 saturated carbocycles. The highest BCUT2D eigenvalue weighted by molar-refractivity contribution is 5.73. The lowest BCUT2D eigenvalue weighted by Gasteiger charge is -2.31. The maximum Gasteiger partial charge on any atom is 0.314 e. The molecule has 124 valence electrons. The van der Waals surface area contributed by atoms with Crippen LogP contribution in [0.4, 0.5) is 4.79 Å². The van der Waals surface area contributed by atoms with Crippen LogP contribution in [-0.2, 0) is 0 Å². The summed E-state index contributed by atoms with van der Waals surface area (Å²) in [6.07, 6.45) is 2.92. The maximum absolute atomic E-state index is 11.8. The van der Waals surface area contributed by atoms with Crippen LogP contribution in [0.15, 0.2) is 0 Å². The predicted molar refractivity (Wildman–Crippen MR) is 86.3 cm³/mol. The summed E-state index contributed by atoms with van der Waals surface area (Å²) in [6, 6.07) is -0.112. The predicted octanol–water partition coefficient (Wildman–Crippen LogP) is 1.81. The number of rotatable bonds is 7. The number of hydrogen-bond acceptors (Lipinski definition) is 3. The van der Waals surface area contributed by atoms with Gasteiger partial charge in [-0.1, -0.05) is 20.8 Å². The molecule has 0 aliphatic carbocycles. The smallest absolute Gasteiger partial charge is 0.314 e. The third-order valence-electron chi connectivity index (χ3n) is 4.03. The van der Waals surface area contributed by atoms with Crippen molar-refractivity contribution in [1.82, 2.24) is 15.5 Å². The van der Waals surface area contributed by atoms with Gasteiger partial charge in [0.25, 0.3) is 0 Å². The molecule has 1 aliphatic heterocycles. The summed E-state index contributed by atoms with van der Waals surface area (Å²) in [4.78, 5) is 14.2. The zero-order valence-electron chi connectivity index (χ0n) is 14.1. The third kappa shape index (κ3) is 8.27. The second-order valence-electron chi connectivity index (χ2n) is 7.37. The lowest BCUT2D eigenvalue weighted by Crippen LogP contribution is -2.45. The van der Waals surface area contributed by atoms with Crippen molar-refractivity contribution in [2.45, 2.75) is 53.1 Å². The molecule has 2 amide bonds. The van der Waals surface area contributed by atoms with Crippen molar-refractivity contribution in [1.29, 1.82) is 0 Å². The van der Waals surface area contributed by atoms with E-state index in [2.05, 4.69) is 36.3 Å². The molecule has 0 aromatic heterocycles. The van der Waals surface area contributed by atoms with Crippen molar-refractivity contribution in [3.63, 3.8) is 0 Å². The van der Waals surface area contributed by atoms with Crippen LogP contribution in [0.3, 0.4) is 0 Å². The van der Waals surface area contributed by atoms with E-state index in [0.29, 0.717) is 19.5 Å². The maximum atomic E-state index is 11.8. The average Bonchev–Trinajstić information content (AvgIpc) is 2.35. The summed E-state index contributed by atoms with van der Waals surface area (Å²) in [7, 11) is 0. The van der Waals surface area contributed by atoms with Gasteiger partial charge in [-0.15, -0.1) is 0 Å². The monoisotopic (exact) mass is 299 g/mol. The number of nitrogens with zero attached hydrogens (tertiary/aromatic N) is 1. The number of urea groups is 1. The molecule has 21 heavy (non-hydrogen) atoms. The van der Waals surface area contributed by atoms with Crippen LogP contribution in [0.25, 0.3) is 0 Å². The summed E-state index contributed by atoms with van der Waals surface area (Å²) >= 11 is 0. The average molecular weight is 299 g/mol. The largest absolute Gasteiger partial charge is 0.393 e. The SMILES string of the molecule is CC(O)CC(C)(C)CNC(=O)NCCN1CCCC(C)C1. The van der Waals surface area contributed by atoms with Crippen molar-refractivity contribution in [3.8, 4) is 0 Å². The molecule has 1 rings (SSSR count). The highest BCUT2D eigenvalue weighted by Gasteiger charge is 2.21. The first-order chi connectivity index (χ1) is 9.78. The normalized spacial score (nSPS) is 21.9.